The van der Waals surface area contributed by atoms with Crippen molar-refractivity contribution in [3.8, 4) is 0 Å². The van der Waals surface area contributed by atoms with Crippen LogP contribution < -0.4 is 5.32 Å². The van der Waals surface area contributed by atoms with Crippen LogP contribution in [0.2, 0.25) is 0 Å². The van der Waals surface area contributed by atoms with Gasteiger partial charge in [0, 0.05) is 17.5 Å². The normalized spacial score (nSPS) is 19.4. The van der Waals surface area contributed by atoms with Gasteiger partial charge in [-0.1, -0.05) is 30.3 Å². The Balaban J connectivity index is 1.78. The van der Waals surface area contributed by atoms with Gasteiger partial charge in [-0.25, -0.2) is 0 Å². The molecule has 1 aromatic carbocycles. The van der Waals surface area contributed by atoms with Gasteiger partial charge in [0.05, 0.1) is 12.6 Å². The van der Waals surface area contributed by atoms with Gasteiger partial charge in [-0.3, -0.25) is 19.7 Å². The van der Waals surface area contributed by atoms with E-state index in [0.717, 1.165) is 11.1 Å². The maximum absolute atomic E-state index is 13.6. The predicted molar refractivity (Wildman–Crippen MR) is 144 cm³/mol. The van der Waals surface area contributed by atoms with Crippen molar-refractivity contribution in [3.05, 3.63) is 58.3 Å². The fraction of sp³-hybridized carbons (Fsp3) is 0.519. The molecule has 1 aliphatic heterocycles. The summed E-state index contributed by atoms with van der Waals surface area (Å²) in [4.78, 5) is 40.7. The lowest BCUT2D eigenvalue weighted by molar-refractivity contribution is -0.159. The van der Waals surface area contributed by atoms with E-state index >= 15 is 0 Å². The molecule has 3 atom stereocenters. The van der Waals surface area contributed by atoms with Gasteiger partial charge in [-0.05, 0) is 68.5 Å². The van der Waals surface area contributed by atoms with Crippen LogP contribution in [0.3, 0.4) is 0 Å². The van der Waals surface area contributed by atoms with Crippen molar-refractivity contribution in [2.75, 3.05) is 25.4 Å². The molecule has 3 rings (SSSR count). The molecule has 0 spiro atoms. The predicted octanol–water partition coefficient (Wildman–Crippen LogP) is 4.23. The average Bonchev–Trinajstić information content (AvgIpc) is 3.31. The third-order valence-corrected chi connectivity index (χ3v) is 7.70. The van der Waals surface area contributed by atoms with Crippen molar-refractivity contribution in [2.45, 2.75) is 63.5 Å². The van der Waals surface area contributed by atoms with Crippen LogP contribution in [0.5, 0.6) is 0 Å². The number of hydrogen-bond donors (Lipinski definition) is 1. The molecule has 1 aliphatic rings. The molecule has 196 valence electrons. The van der Waals surface area contributed by atoms with Gasteiger partial charge in [0.1, 0.15) is 18.2 Å². The van der Waals surface area contributed by atoms with Crippen LogP contribution >= 0.6 is 23.1 Å². The first-order valence-electron chi connectivity index (χ1n) is 12.3. The summed E-state index contributed by atoms with van der Waals surface area (Å²) in [5.41, 5.74) is 1.59. The summed E-state index contributed by atoms with van der Waals surface area (Å²) in [7, 11) is 0. The van der Waals surface area contributed by atoms with E-state index in [1.54, 1.807) is 55.7 Å². The highest BCUT2D eigenvalue weighted by molar-refractivity contribution is 7.99. The molecule has 0 saturated carbocycles. The summed E-state index contributed by atoms with van der Waals surface area (Å²) in [6.07, 6.45) is 1.17. The van der Waals surface area contributed by atoms with Crippen molar-refractivity contribution in [3.63, 3.8) is 0 Å². The molecule has 0 aliphatic carbocycles. The second-order valence-electron chi connectivity index (χ2n) is 9.73. The van der Waals surface area contributed by atoms with Gasteiger partial charge >= 0.3 is 11.9 Å². The number of benzene rings is 1. The van der Waals surface area contributed by atoms with Gasteiger partial charge in [0.2, 0.25) is 5.91 Å². The van der Waals surface area contributed by atoms with Gasteiger partial charge in [0.15, 0.2) is 0 Å². The minimum absolute atomic E-state index is 0.0276. The number of amides is 1. The first-order valence-corrected chi connectivity index (χ1v) is 14.3. The number of esters is 2. The molecular weight excluding hydrogens is 496 g/mol. The Morgan fingerprint density at radius 2 is 1.94 bits per heavy atom. The largest absolute Gasteiger partial charge is 0.465 e. The molecule has 2 aromatic rings. The van der Waals surface area contributed by atoms with Crippen molar-refractivity contribution in [1.82, 2.24) is 10.2 Å². The van der Waals surface area contributed by atoms with Crippen LogP contribution in [-0.4, -0.2) is 65.9 Å². The van der Waals surface area contributed by atoms with Crippen molar-refractivity contribution < 1.29 is 23.9 Å². The highest BCUT2D eigenvalue weighted by Crippen LogP contribution is 2.34. The number of hydrogen-bond acceptors (Lipinski definition) is 8. The number of carbonyl (C=O) groups is 3. The molecule has 9 heteroatoms. The van der Waals surface area contributed by atoms with E-state index in [0.29, 0.717) is 25.1 Å². The molecule has 2 heterocycles. The summed E-state index contributed by atoms with van der Waals surface area (Å²) in [6.45, 7) is 7.71. The first-order chi connectivity index (χ1) is 17.2. The Morgan fingerprint density at radius 1 is 1.19 bits per heavy atom. The lowest BCUT2D eigenvalue weighted by atomic mass is 10.0. The summed E-state index contributed by atoms with van der Waals surface area (Å²) >= 11 is 3.26. The quantitative estimate of drug-likeness (QED) is 0.459. The molecule has 0 radical (unpaired) electrons. The number of thiophene rings is 1. The number of aryl methyl sites for hydroxylation is 1. The summed E-state index contributed by atoms with van der Waals surface area (Å²) in [5.74, 6) is -0.550. The van der Waals surface area contributed by atoms with Crippen LogP contribution in [0.15, 0.2) is 47.2 Å². The number of rotatable bonds is 10. The van der Waals surface area contributed by atoms with Gasteiger partial charge < -0.3 is 14.4 Å². The topological polar surface area (TPSA) is 84.9 Å². The zero-order valence-corrected chi connectivity index (χ0v) is 23.0. The minimum Gasteiger partial charge on any atom is -0.465 e. The summed E-state index contributed by atoms with van der Waals surface area (Å²) < 4.78 is 10.8. The second kappa shape index (κ2) is 13.3. The fourth-order valence-corrected chi connectivity index (χ4v) is 6.10. The van der Waals surface area contributed by atoms with E-state index in [9.17, 15) is 14.4 Å². The third-order valence-electron chi connectivity index (χ3n) is 5.65. The van der Waals surface area contributed by atoms with Crippen LogP contribution in [0.1, 0.15) is 50.5 Å². The number of carbonyl (C=O) groups excluding carboxylic acids is 3. The van der Waals surface area contributed by atoms with Gasteiger partial charge in [-0.15, -0.1) is 11.8 Å². The fourth-order valence-electron chi connectivity index (χ4n) is 4.01. The smallest absolute Gasteiger partial charge is 0.326 e. The Morgan fingerprint density at radius 3 is 2.58 bits per heavy atom. The van der Waals surface area contributed by atoms with Crippen molar-refractivity contribution >= 4 is 40.9 Å². The van der Waals surface area contributed by atoms with Crippen molar-refractivity contribution in [1.29, 1.82) is 0 Å². The first kappa shape index (κ1) is 28.2. The zero-order valence-electron chi connectivity index (χ0n) is 21.4. The van der Waals surface area contributed by atoms with Crippen LogP contribution in [0.25, 0.3) is 0 Å². The van der Waals surface area contributed by atoms with E-state index in [-0.39, 0.29) is 30.3 Å². The summed E-state index contributed by atoms with van der Waals surface area (Å²) in [5, 5.41) is 7.39. The molecule has 1 saturated heterocycles. The molecule has 0 bridgehead atoms. The van der Waals surface area contributed by atoms with Crippen LogP contribution in [-0.2, 0) is 30.3 Å². The van der Waals surface area contributed by atoms with E-state index in [2.05, 4.69) is 10.7 Å². The number of ether oxygens (including phenoxy) is 2. The number of thioether (sulfide) groups is 1. The lowest BCUT2D eigenvalue weighted by Crippen LogP contribution is -2.54. The second-order valence-corrected chi connectivity index (χ2v) is 11.7. The van der Waals surface area contributed by atoms with E-state index in [1.807, 2.05) is 41.8 Å². The number of nitrogens with zero attached hydrogens (tertiary/aromatic N) is 1. The Hall–Kier alpha value is -2.36. The third kappa shape index (κ3) is 8.64. The molecule has 1 unspecified atom stereocenters. The van der Waals surface area contributed by atoms with Gasteiger partial charge in [-0.2, -0.15) is 11.3 Å². The highest BCUT2D eigenvalue weighted by Gasteiger charge is 2.36. The van der Waals surface area contributed by atoms with E-state index in [4.69, 9.17) is 9.47 Å². The molecule has 1 amide bonds. The molecule has 1 N–H and O–H groups in total. The Kier molecular flexibility index (Phi) is 10.4. The van der Waals surface area contributed by atoms with E-state index in [1.165, 1.54) is 0 Å². The summed E-state index contributed by atoms with van der Waals surface area (Å²) in [6, 6.07) is 10.7. The average molecular weight is 533 g/mol. The molecule has 36 heavy (non-hydrogen) atoms. The van der Waals surface area contributed by atoms with Crippen LogP contribution in [0.4, 0.5) is 0 Å². The molecule has 7 nitrogen and oxygen atoms in total. The minimum atomic E-state index is -0.641. The monoisotopic (exact) mass is 532 g/mol. The maximum atomic E-state index is 13.6. The Labute approximate surface area is 221 Å². The zero-order chi connectivity index (χ0) is 26.1. The standard InChI is InChI=1S/C27H36N2O5S2/c1-5-33-26(32)21(12-11-19-9-7-6-8-10-19)28-22-18-36-23(20-13-14-35-17-20)15-29(25(22)31)16-24(30)34-27(2,3)4/h6-10,13-14,17,21-23,28H,5,11-12,15-16,18H2,1-4H3/t21-,22-,23?/m0/s1. The molecule has 1 fully saturated rings. The van der Waals surface area contributed by atoms with Crippen molar-refractivity contribution in [2.24, 2.45) is 0 Å². The lowest BCUT2D eigenvalue weighted by Gasteiger charge is -2.28. The Bertz CT molecular complexity index is 991. The molecular formula is C27H36N2O5S2. The van der Waals surface area contributed by atoms with E-state index < -0.39 is 23.7 Å². The van der Waals surface area contributed by atoms with Gasteiger partial charge in [0.25, 0.3) is 0 Å². The molecule has 1 aromatic heterocycles. The SMILES string of the molecule is CCOC(=O)[C@H](CCc1ccccc1)N[C@H]1CSC(c2ccsc2)CN(CC(=O)OC(C)(C)C)C1=O. The van der Waals surface area contributed by atoms with Crippen LogP contribution in [0, 0.1) is 0 Å². The highest BCUT2D eigenvalue weighted by atomic mass is 32.2. The number of nitrogens with one attached hydrogen (secondary N) is 1. The maximum Gasteiger partial charge on any atom is 0.326 e.